The molecule has 0 radical (unpaired) electrons. The monoisotopic (exact) mass is 592 g/mol. The maximum absolute atomic E-state index is 14.1. The Morgan fingerprint density at radius 3 is 2.43 bits per heavy atom. The van der Waals surface area contributed by atoms with E-state index in [1.54, 1.807) is 0 Å². The van der Waals surface area contributed by atoms with Crippen molar-refractivity contribution in [1.82, 2.24) is 9.88 Å². The van der Waals surface area contributed by atoms with Crippen molar-refractivity contribution in [2.24, 2.45) is 17.3 Å². The highest BCUT2D eigenvalue weighted by Crippen LogP contribution is 2.51. The number of aromatic nitrogens is 1. The molecule has 0 spiro atoms. The van der Waals surface area contributed by atoms with E-state index < -0.39 is 53.1 Å². The number of rotatable bonds is 8. The lowest BCUT2D eigenvalue weighted by Crippen LogP contribution is -2.49. The molecule has 1 amide bonds. The summed E-state index contributed by atoms with van der Waals surface area (Å²) in [6.45, 7) is 9.93. The highest BCUT2D eigenvalue weighted by molar-refractivity contribution is 5.87. The Morgan fingerprint density at radius 2 is 1.88 bits per heavy atom. The SMILES string of the molecule is COc1ncc(C(F)(F)F)cc1CO[C@H]1[C@H](C(C)(C)C)[C@@H](C(=O)O)N(C(=O)[C@@H]2CCOC2)[C@H]1c1ccccc1C(C)C. The largest absolute Gasteiger partial charge is 0.481 e. The van der Waals surface area contributed by atoms with Crippen molar-refractivity contribution in [2.45, 2.75) is 77.9 Å². The van der Waals surface area contributed by atoms with E-state index in [0.717, 1.165) is 17.2 Å². The number of hydrogen-bond acceptors (Lipinski definition) is 6. The van der Waals surface area contributed by atoms with Gasteiger partial charge in [0.05, 0.1) is 44.0 Å². The number of methoxy groups -OCH3 is 1. The third-order valence-electron chi connectivity index (χ3n) is 8.21. The zero-order chi connectivity index (χ0) is 31.0. The number of amides is 1. The summed E-state index contributed by atoms with van der Waals surface area (Å²) in [4.78, 5) is 32.5. The lowest BCUT2D eigenvalue weighted by atomic mass is 9.73. The van der Waals surface area contributed by atoms with Crippen molar-refractivity contribution >= 4 is 11.9 Å². The summed E-state index contributed by atoms with van der Waals surface area (Å²) in [5, 5.41) is 10.6. The quantitative estimate of drug-likeness (QED) is 0.411. The number of carbonyl (C=O) groups excluding carboxylic acids is 1. The topological polar surface area (TPSA) is 98.2 Å². The maximum Gasteiger partial charge on any atom is 0.417 e. The molecule has 230 valence electrons. The second kappa shape index (κ2) is 12.2. The van der Waals surface area contributed by atoms with Gasteiger partial charge in [0.25, 0.3) is 0 Å². The van der Waals surface area contributed by atoms with E-state index in [2.05, 4.69) is 4.98 Å². The Hall–Kier alpha value is -3.18. The van der Waals surface area contributed by atoms with E-state index in [9.17, 15) is 27.9 Å². The van der Waals surface area contributed by atoms with Crippen LogP contribution in [0.25, 0.3) is 0 Å². The summed E-state index contributed by atoms with van der Waals surface area (Å²) >= 11 is 0. The van der Waals surface area contributed by atoms with Crippen LogP contribution in [-0.4, -0.2) is 59.3 Å². The van der Waals surface area contributed by atoms with E-state index in [0.29, 0.717) is 19.2 Å². The molecule has 1 aromatic heterocycles. The number of carboxylic acid groups (broad SMARTS) is 1. The highest BCUT2D eigenvalue weighted by Gasteiger charge is 2.59. The summed E-state index contributed by atoms with van der Waals surface area (Å²) in [7, 11) is 1.30. The molecule has 0 unspecified atom stereocenters. The number of alkyl halides is 3. The molecule has 1 N–H and O–H groups in total. The van der Waals surface area contributed by atoms with Gasteiger partial charge in [0.2, 0.25) is 11.8 Å². The number of carboxylic acids is 1. The van der Waals surface area contributed by atoms with Gasteiger partial charge in [0.1, 0.15) is 6.04 Å². The third-order valence-corrected chi connectivity index (χ3v) is 8.21. The molecule has 11 heteroatoms. The standard InChI is InChI=1S/C31H39F3N2O6/c1-17(2)21-9-7-8-10-22(21)24-26(42-16-19-13-20(31(32,33)34)14-35-27(19)40-6)23(30(3,4)5)25(29(38)39)36(24)28(37)18-11-12-41-15-18/h7-10,13-14,17-18,23-26H,11-12,15-16H2,1-6H3,(H,38,39)/t18-,23-,24+,25+,26+/m1/s1. The zero-order valence-corrected chi connectivity index (χ0v) is 24.8. The summed E-state index contributed by atoms with van der Waals surface area (Å²) in [6, 6.07) is 6.41. The maximum atomic E-state index is 14.1. The van der Waals surface area contributed by atoms with Crippen LogP contribution >= 0.6 is 0 Å². The number of benzene rings is 1. The molecule has 2 aliphatic rings. The van der Waals surface area contributed by atoms with Crippen LogP contribution in [-0.2, 0) is 31.8 Å². The molecular formula is C31H39F3N2O6. The number of nitrogens with zero attached hydrogens (tertiary/aromatic N) is 2. The van der Waals surface area contributed by atoms with E-state index in [1.165, 1.54) is 12.0 Å². The van der Waals surface area contributed by atoms with E-state index in [-0.39, 0.29) is 36.5 Å². The minimum absolute atomic E-state index is 0.0294. The van der Waals surface area contributed by atoms with Crippen LogP contribution < -0.4 is 4.74 Å². The van der Waals surface area contributed by atoms with Crippen LogP contribution in [0.4, 0.5) is 13.2 Å². The van der Waals surface area contributed by atoms with Crippen molar-refractivity contribution in [3.63, 3.8) is 0 Å². The predicted octanol–water partition coefficient (Wildman–Crippen LogP) is 5.85. The smallest absolute Gasteiger partial charge is 0.417 e. The first-order valence-electron chi connectivity index (χ1n) is 14.1. The van der Waals surface area contributed by atoms with Crippen molar-refractivity contribution in [1.29, 1.82) is 0 Å². The van der Waals surface area contributed by atoms with Gasteiger partial charge < -0.3 is 24.2 Å². The van der Waals surface area contributed by atoms with Gasteiger partial charge in [-0.05, 0) is 34.9 Å². The predicted molar refractivity (Wildman–Crippen MR) is 148 cm³/mol. The number of aliphatic carboxylic acids is 1. The molecule has 0 aliphatic carbocycles. The fraction of sp³-hybridized carbons (Fsp3) is 0.581. The van der Waals surface area contributed by atoms with Crippen LogP contribution in [0.15, 0.2) is 36.5 Å². The molecule has 2 aromatic rings. The van der Waals surface area contributed by atoms with Crippen LogP contribution in [0.3, 0.4) is 0 Å². The van der Waals surface area contributed by atoms with E-state index in [4.69, 9.17) is 14.2 Å². The van der Waals surface area contributed by atoms with Gasteiger partial charge in [0, 0.05) is 24.3 Å². The first kappa shape index (κ1) is 31.7. The van der Waals surface area contributed by atoms with Gasteiger partial charge in [-0.1, -0.05) is 58.9 Å². The van der Waals surface area contributed by atoms with E-state index in [1.807, 2.05) is 58.9 Å². The third kappa shape index (κ3) is 6.27. The molecule has 2 aliphatic heterocycles. The van der Waals surface area contributed by atoms with Crippen molar-refractivity contribution in [3.05, 3.63) is 58.8 Å². The molecule has 0 saturated carbocycles. The first-order chi connectivity index (χ1) is 19.7. The minimum atomic E-state index is -4.63. The van der Waals surface area contributed by atoms with Crippen molar-refractivity contribution in [3.8, 4) is 5.88 Å². The van der Waals surface area contributed by atoms with Crippen molar-refractivity contribution in [2.75, 3.05) is 20.3 Å². The number of likely N-dealkylation sites (tertiary alicyclic amines) is 1. The summed E-state index contributed by atoms with van der Waals surface area (Å²) in [5.74, 6) is -2.71. The molecule has 3 heterocycles. The molecule has 2 saturated heterocycles. The van der Waals surface area contributed by atoms with Crippen LogP contribution in [0.2, 0.25) is 0 Å². The number of halogens is 3. The fourth-order valence-electron chi connectivity index (χ4n) is 6.29. The summed E-state index contributed by atoms with van der Waals surface area (Å²) in [5.41, 5.74) is 0.113. The summed E-state index contributed by atoms with van der Waals surface area (Å²) in [6.07, 6.45) is -4.34. The van der Waals surface area contributed by atoms with Gasteiger partial charge in [-0.25, -0.2) is 9.78 Å². The first-order valence-corrected chi connectivity index (χ1v) is 14.1. The molecule has 0 bridgehead atoms. The average Bonchev–Trinajstić information content (AvgIpc) is 3.57. The van der Waals surface area contributed by atoms with Gasteiger partial charge in [-0.15, -0.1) is 0 Å². The number of pyridine rings is 1. The second-order valence-corrected chi connectivity index (χ2v) is 12.4. The molecule has 4 rings (SSSR count). The lowest BCUT2D eigenvalue weighted by molar-refractivity contribution is -0.154. The van der Waals surface area contributed by atoms with Crippen LogP contribution in [0, 0.1) is 17.3 Å². The Kier molecular flexibility index (Phi) is 9.22. The Morgan fingerprint density at radius 1 is 1.19 bits per heavy atom. The van der Waals surface area contributed by atoms with Gasteiger partial charge >= 0.3 is 12.1 Å². The van der Waals surface area contributed by atoms with E-state index >= 15 is 0 Å². The van der Waals surface area contributed by atoms with Gasteiger partial charge in [-0.3, -0.25) is 4.79 Å². The molecule has 2 fully saturated rings. The molecular weight excluding hydrogens is 553 g/mol. The molecule has 5 atom stereocenters. The Balaban J connectivity index is 1.89. The second-order valence-electron chi connectivity index (χ2n) is 12.4. The minimum Gasteiger partial charge on any atom is -0.481 e. The molecule has 42 heavy (non-hydrogen) atoms. The van der Waals surface area contributed by atoms with Crippen molar-refractivity contribution < 1.29 is 42.1 Å². The van der Waals surface area contributed by atoms with Crippen LogP contribution in [0.1, 0.15) is 75.3 Å². The Bertz CT molecular complexity index is 1290. The molecule has 1 aromatic carbocycles. The number of hydrogen-bond donors (Lipinski definition) is 1. The van der Waals surface area contributed by atoms with Gasteiger partial charge in [0.15, 0.2) is 0 Å². The summed E-state index contributed by atoms with van der Waals surface area (Å²) < 4.78 is 57.9. The highest BCUT2D eigenvalue weighted by atomic mass is 19.4. The van der Waals surface area contributed by atoms with Gasteiger partial charge in [-0.2, -0.15) is 13.2 Å². The van der Waals surface area contributed by atoms with Crippen LogP contribution in [0.5, 0.6) is 5.88 Å². The Labute approximate surface area is 244 Å². The lowest BCUT2D eigenvalue weighted by Gasteiger charge is -2.35. The normalized spacial score (nSPS) is 24.8. The zero-order valence-electron chi connectivity index (χ0n) is 24.8. The fourth-order valence-corrected chi connectivity index (χ4v) is 6.29. The number of carbonyl (C=O) groups is 2. The molecule has 8 nitrogen and oxygen atoms in total. The number of ether oxygens (including phenoxy) is 3. The average molecular weight is 593 g/mol.